The Balaban J connectivity index is 1.97. The van der Waals surface area contributed by atoms with E-state index in [2.05, 4.69) is 5.32 Å². The fourth-order valence-corrected chi connectivity index (χ4v) is 2.77. The van der Waals surface area contributed by atoms with Gasteiger partial charge in [0.15, 0.2) is 0 Å². The van der Waals surface area contributed by atoms with Crippen molar-refractivity contribution in [1.29, 1.82) is 0 Å². The van der Waals surface area contributed by atoms with E-state index in [1.54, 1.807) is 0 Å². The lowest BCUT2D eigenvalue weighted by molar-refractivity contribution is -0.123. The van der Waals surface area contributed by atoms with Crippen molar-refractivity contribution in [1.82, 2.24) is 5.32 Å². The van der Waals surface area contributed by atoms with Gasteiger partial charge in [-0.15, -0.1) is 0 Å². The zero-order valence-electron chi connectivity index (χ0n) is 12.9. The van der Waals surface area contributed by atoms with Crippen LogP contribution in [0.4, 0.5) is 5.69 Å². The maximum atomic E-state index is 12.2. The minimum Gasteiger partial charge on any atom is -0.352 e. The summed E-state index contributed by atoms with van der Waals surface area (Å²) in [7, 11) is 0. The Hall–Kier alpha value is -1.84. The zero-order valence-corrected chi connectivity index (χ0v) is 12.9. The summed E-state index contributed by atoms with van der Waals surface area (Å²) in [6, 6.07) is 7.93. The van der Waals surface area contributed by atoms with Crippen LogP contribution >= 0.6 is 0 Å². The standard InChI is InChI=1S/C17H24N2O2/c1-13-8-10-16(11-9-13)19(14(2)20)12-17(21)18-15-6-4-3-5-7-15/h8-11,15H,3-7,12H2,1-2H3,(H,18,21). The molecule has 1 fully saturated rings. The maximum Gasteiger partial charge on any atom is 0.240 e. The van der Waals surface area contributed by atoms with Crippen LogP contribution in [0.15, 0.2) is 24.3 Å². The summed E-state index contributed by atoms with van der Waals surface area (Å²) < 4.78 is 0. The summed E-state index contributed by atoms with van der Waals surface area (Å²) in [6.07, 6.45) is 5.72. The molecule has 0 unspecified atom stereocenters. The lowest BCUT2D eigenvalue weighted by atomic mass is 9.95. The van der Waals surface area contributed by atoms with Gasteiger partial charge in [0.1, 0.15) is 6.54 Å². The van der Waals surface area contributed by atoms with Gasteiger partial charge >= 0.3 is 0 Å². The summed E-state index contributed by atoms with van der Waals surface area (Å²) in [5.74, 6) is -0.185. The third-order valence-electron chi connectivity index (χ3n) is 4.00. The first-order valence-corrected chi connectivity index (χ1v) is 7.70. The number of rotatable bonds is 4. The average molecular weight is 288 g/mol. The van der Waals surface area contributed by atoms with E-state index >= 15 is 0 Å². The summed E-state index contributed by atoms with van der Waals surface area (Å²) in [5.41, 5.74) is 1.90. The molecule has 1 aromatic rings. The van der Waals surface area contributed by atoms with Gasteiger partial charge in [-0.05, 0) is 31.9 Å². The normalized spacial score (nSPS) is 15.5. The molecule has 1 N–H and O–H groups in total. The molecule has 114 valence electrons. The Morgan fingerprint density at radius 2 is 1.76 bits per heavy atom. The van der Waals surface area contributed by atoms with Crippen LogP contribution in [0.5, 0.6) is 0 Å². The van der Waals surface area contributed by atoms with Crippen molar-refractivity contribution < 1.29 is 9.59 Å². The highest BCUT2D eigenvalue weighted by atomic mass is 16.2. The second-order valence-corrected chi connectivity index (χ2v) is 5.84. The average Bonchev–Trinajstić information content (AvgIpc) is 2.47. The molecular formula is C17H24N2O2. The monoisotopic (exact) mass is 288 g/mol. The molecule has 1 aromatic carbocycles. The second kappa shape index (κ2) is 7.25. The molecular weight excluding hydrogens is 264 g/mol. The number of hydrogen-bond acceptors (Lipinski definition) is 2. The maximum absolute atomic E-state index is 12.2. The Bertz CT molecular complexity index is 490. The van der Waals surface area contributed by atoms with Gasteiger partial charge in [-0.3, -0.25) is 9.59 Å². The van der Waals surface area contributed by atoms with Gasteiger partial charge < -0.3 is 10.2 Å². The van der Waals surface area contributed by atoms with Crippen LogP contribution in [0.25, 0.3) is 0 Å². The minimum absolute atomic E-state index is 0.0716. The van der Waals surface area contributed by atoms with E-state index in [-0.39, 0.29) is 24.4 Å². The van der Waals surface area contributed by atoms with E-state index in [1.807, 2.05) is 31.2 Å². The number of carbonyl (C=O) groups is 2. The van der Waals surface area contributed by atoms with Gasteiger partial charge in [0.2, 0.25) is 11.8 Å². The molecule has 0 heterocycles. The Morgan fingerprint density at radius 1 is 1.14 bits per heavy atom. The van der Waals surface area contributed by atoms with Crippen LogP contribution in [0.2, 0.25) is 0 Å². The molecule has 0 radical (unpaired) electrons. The van der Waals surface area contributed by atoms with Crippen LogP contribution in [-0.4, -0.2) is 24.4 Å². The van der Waals surface area contributed by atoms with Crippen LogP contribution in [0, 0.1) is 6.92 Å². The fourth-order valence-electron chi connectivity index (χ4n) is 2.77. The van der Waals surface area contributed by atoms with E-state index < -0.39 is 0 Å². The molecule has 21 heavy (non-hydrogen) atoms. The SMILES string of the molecule is CC(=O)N(CC(=O)NC1CCCCC1)c1ccc(C)cc1. The molecule has 0 saturated heterocycles. The molecule has 0 atom stereocenters. The Kier molecular flexibility index (Phi) is 5.37. The third-order valence-corrected chi connectivity index (χ3v) is 4.00. The largest absolute Gasteiger partial charge is 0.352 e. The minimum atomic E-state index is -0.113. The van der Waals surface area contributed by atoms with Crippen molar-refractivity contribution in [2.24, 2.45) is 0 Å². The topological polar surface area (TPSA) is 49.4 Å². The van der Waals surface area contributed by atoms with Crippen molar-refractivity contribution in [3.05, 3.63) is 29.8 Å². The predicted octanol–water partition coefficient (Wildman–Crippen LogP) is 2.80. The van der Waals surface area contributed by atoms with E-state index in [1.165, 1.54) is 31.1 Å². The summed E-state index contributed by atoms with van der Waals surface area (Å²) in [6.45, 7) is 3.58. The molecule has 2 amide bonds. The molecule has 0 aliphatic heterocycles. The molecule has 4 nitrogen and oxygen atoms in total. The Morgan fingerprint density at radius 3 is 2.33 bits per heavy atom. The van der Waals surface area contributed by atoms with Crippen LogP contribution in [0.1, 0.15) is 44.6 Å². The van der Waals surface area contributed by atoms with Gasteiger partial charge in [-0.25, -0.2) is 0 Å². The first kappa shape index (κ1) is 15.5. The van der Waals surface area contributed by atoms with Crippen molar-refractivity contribution in [2.75, 3.05) is 11.4 Å². The van der Waals surface area contributed by atoms with Crippen LogP contribution < -0.4 is 10.2 Å². The van der Waals surface area contributed by atoms with E-state index in [4.69, 9.17) is 0 Å². The number of amides is 2. The molecule has 0 aromatic heterocycles. The van der Waals surface area contributed by atoms with E-state index in [0.29, 0.717) is 0 Å². The lowest BCUT2D eigenvalue weighted by Gasteiger charge is -2.25. The van der Waals surface area contributed by atoms with Gasteiger partial charge in [-0.2, -0.15) is 0 Å². The van der Waals surface area contributed by atoms with Gasteiger partial charge in [0.25, 0.3) is 0 Å². The quantitative estimate of drug-likeness (QED) is 0.926. The molecule has 1 aliphatic carbocycles. The molecule has 1 aliphatic rings. The smallest absolute Gasteiger partial charge is 0.240 e. The van der Waals surface area contributed by atoms with Crippen LogP contribution in [-0.2, 0) is 9.59 Å². The molecule has 0 bridgehead atoms. The first-order valence-electron chi connectivity index (χ1n) is 7.70. The summed E-state index contributed by atoms with van der Waals surface area (Å²) in [4.78, 5) is 25.5. The van der Waals surface area contributed by atoms with Crippen LogP contribution in [0.3, 0.4) is 0 Å². The fraction of sp³-hybridized carbons (Fsp3) is 0.529. The molecule has 2 rings (SSSR count). The zero-order chi connectivity index (χ0) is 15.2. The number of nitrogens with zero attached hydrogens (tertiary/aromatic N) is 1. The van der Waals surface area contributed by atoms with Crippen molar-refractivity contribution in [3.63, 3.8) is 0 Å². The van der Waals surface area contributed by atoms with Crippen molar-refractivity contribution in [3.8, 4) is 0 Å². The van der Waals surface area contributed by atoms with Gasteiger partial charge in [0, 0.05) is 18.7 Å². The molecule has 0 spiro atoms. The van der Waals surface area contributed by atoms with E-state index in [0.717, 1.165) is 24.1 Å². The Labute approximate surface area is 126 Å². The number of hydrogen-bond donors (Lipinski definition) is 1. The third kappa shape index (κ3) is 4.59. The summed E-state index contributed by atoms with van der Waals surface area (Å²) >= 11 is 0. The highest BCUT2D eigenvalue weighted by molar-refractivity contribution is 5.97. The van der Waals surface area contributed by atoms with Gasteiger partial charge in [0.05, 0.1) is 0 Å². The lowest BCUT2D eigenvalue weighted by Crippen LogP contribution is -2.44. The first-order chi connectivity index (χ1) is 10.1. The number of carbonyl (C=O) groups excluding carboxylic acids is 2. The van der Waals surface area contributed by atoms with E-state index in [9.17, 15) is 9.59 Å². The highest BCUT2D eigenvalue weighted by Gasteiger charge is 2.19. The predicted molar refractivity (Wildman–Crippen MR) is 84.2 cm³/mol. The number of aryl methyl sites for hydroxylation is 1. The second-order valence-electron chi connectivity index (χ2n) is 5.84. The van der Waals surface area contributed by atoms with Gasteiger partial charge in [-0.1, -0.05) is 37.0 Å². The number of nitrogens with one attached hydrogen (secondary N) is 1. The number of anilines is 1. The van der Waals surface area contributed by atoms with Crippen molar-refractivity contribution >= 4 is 17.5 Å². The summed E-state index contributed by atoms with van der Waals surface area (Å²) in [5, 5.41) is 3.05. The highest BCUT2D eigenvalue weighted by Crippen LogP contribution is 2.18. The molecule has 1 saturated carbocycles. The van der Waals surface area contributed by atoms with Crippen molar-refractivity contribution in [2.45, 2.75) is 52.0 Å². The molecule has 4 heteroatoms. The number of benzene rings is 1.